The summed E-state index contributed by atoms with van der Waals surface area (Å²) in [6, 6.07) is 0. The third kappa shape index (κ3) is 6.04. The highest BCUT2D eigenvalue weighted by atomic mass is 16.3. The van der Waals surface area contributed by atoms with Crippen molar-refractivity contribution in [2.45, 2.75) is 59.0 Å². The Morgan fingerprint density at radius 1 is 1.29 bits per heavy atom. The predicted molar refractivity (Wildman–Crippen MR) is 82.7 cm³/mol. The molecule has 1 unspecified atom stereocenters. The Morgan fingerprint density at radius 2 is 1.90 bits per heavy atom. The van der Waals surface area contributed by atoms with E-state index in [1.165, 1.54) is 0 Å². The number of rotatable bonds is 7. The van der Waals surface area contributed by atoms with E-state index >= 15 is 0 Å². The van der Waals surface area contributed by atoms with E-state index in [2.05, 4.69) is 5.32 Å². The Morgan fingerprint density at radius 3 is 2.43 bits per heavy atom. The molecule has 21 heavy (non-hydrogen) atoms. The normalized spacial score (nSPS) is 17.9. The van der Waals surface area contributed by atoms with Crippen molar-refractivity contribution in [3.8, 4) is 0 Å². The molecule has 1 fully saturated rings. The SMILES string of the molecule is CCCC(=O)N1CCC(C(=O)NCCC(O)C(C)C)CC1. The number of carbonyl (C=O) groups excluding carboxylic acids is 2. The number of amides is 2. The van der Waals surface area contributed by atoms with Gasteiger partial charge in [-0.1, -0.05) is 20.8 Å². The summed E-state index contributed by atoms with van der Waals surface area (Å²) in [5, 5.41) is 12.6. The van der Waals surface area contributed by atoms with Crippen LogP contribution in [0, 0.1) is 11.8 Å². The van der Waals surface area contributed by atoms with E-state index in [9.17, 15) is 14.7 Å². The molecule has 0 spiro atoms. The minimum absolute atomic E-state index is 0.00636. The van der Waals surface area contributed by atoms with Crippen molar-refractivity contribution in [1.29, 1.82) is 0 Å². The van der Waals surface area contributed by atoms with Gasteiger partial charge in [-0.2, -0.15) is 0 Å². The first-order valence-corrected chi connectivity index (χ1v) is 8.19. The summed E-state index contributed by atoms with van der Waals surface area (Å²) in [4.78, 5) is 25.7. The maximum atomic E-state index is 12.1. The van der Waals surface area contributed by atoms with Crippen LogP contribution in [0.25, 0.3) is 0 Å². The number of aliphatic hydroxyl groups is 1. The molecule has 2 N–H and O–H groups in total. The molecule has 0 aromatic rings. The molecule has 5 heteroatoms. The summed E-state index contributed by atoms with van der Waals surface area (Å²) in [6.07, 6.45) is 3.19. The molecule has 1 aliphatic heterocycles. The summed E-state index contributed by atoms with van der Waals surface area (Å²) in [7, 11) is 0. The topological polar surface area (TPSA) is 69.6 Å². The highest BCUT2D eigenvalue weighted by molar-refractivity contribution is 5.80. The minimum Gasteiger partial charge on any atom is -0.393 e. The zero-order chi connectivity index (χ0) is 15.8. The van der Waals surface area contributed by atoms with Crippen LogP contribution < -0.4 is 5.32 Å². The van der Waals surface area contributed by atoms with Crippen LogP contribution in [0.1, 0.15) is 52.9 Å². The average molecular weight is 298 g/mol. The quantitative estimate of drug-likeness (QED) is 0.749. The van der Waals surface area contributed by atoms with Crippen LogP contribution in [0.15, 0.2) is 0 Å². The lowest BCUT2D eigenvalue weighted by atomic mass is 9.95. The standard InChI is InChI=1S/C16H30N2O3/c1-4-5-15(20)18-10-7-13(8-11-18)16(21)17-9-6-14(19)12(2)3/h12-14,19H,4-11H2,1-3H3,(H,17,21). The number of nitrogens with zero attached hydrogens (tertiary/aromatic N) is 1. The number of nitrogens with one attached hydrogen (secondary N) is 1. The van der Waals surface area contributed by atoms with Crippen molar-refractivity contribution in [1.82, 2.24) is 10.2 Å². The maximum absolute atomic E-state index is 12.1. The molecule has 1 heterocycles. The third-order valence-corrected chi connectivity index (χ3v) is 4.19. The first-order valence-electron chi connectivity index (χ1n) is 8.19. The number of hydrogen-bond acceptors (Lipinski definition) is 3. The molecule has 0 aromatic heterocycles. The van der Waals surface area contributed by atoms with Crippen LogP contribution in [0.3, 0.4) is 0 Å². The van der Waals surface area contributed by atoms with Gasteiger partial charge in [-0.05, 0) is 31.6 Å². The highest BCUT2D eigenvalue weighted by Crippen LogP contribution is 2.18. The van der Waals surface area contributed by atoms with Crippen molar-refractivity contribution in [2.75, 3.05) is 19.6 Å². The number of hydrogen-bond donors (Lipinski definition) is 2. The van der Waals surface area contributed by atoms with E-state index < -0.39 is 0 Å². The lowest BCUT2D eigenvalue weighted by Crippen LogP contribution is -2.43. The smallest absolute Gasteiger partial charge is 0.223 e. The molecule has 0 radical (unpaired) electrons. The molecule has 1 rings (SSSR count). The van der Waals surface area contributed by atoms with Crippen molar-refractivity contribution in [3.63, 3.8) is 0 Å². The van der Waals surface area contributed by atoms with E-state index in [1.54, 1.807) is 0 Å². The fourth-order valence-corrected chi connectivity index (χ4v) is 2.58. The molecular weight excluding hydrogens is 268 g/mol. The van der Waals surface area contributed by atoms with Gasteiger partial charge in [-0.25, -0.2) is 0 Å². The second-order valence-electron chi connectivity index (χ2n) is 6.30. The van der Waals surface area contributed by atoms with Gasteiger partial charge in [0.25, 0.3) is 0 Å². The molecule has 2 amide bonds. The monoisotopic (exact) mass is 298 g/mol. The Balaban J connectivity index is 2.24. The van der Waals surface area contributed by atoms with Crippen LogP contribution in [-0.2, 0) is 9.59 Å². The molecule has 122 valence electrons. The fourth-order valence-electron chi connectivity index (χ4n) is 2.58. The average Bonchev–Trinajstić information content (AvgIpc) is 2.47. The van der Waals surface area contributed by atoms with E-state index in [0.29, 0.717) is 32.5 Å². The number of carbonyl (C=O) groups is 2. The largest absolute Gasteiger partial charge is 0.393 e. The van der Waals surface area contributed by atoms with E-state index in [1.807, 2.05) is 25.7 Å². The predicted octanol–water partition coefficient (Wildman–Crippen LogP) is 1.55. The van der Waals surface area contributed by atoms with E-state index in [4.69, 9.17) is 0 Å². The van der Waals surface area contributed by atoms with Gasteiger partial charge in [0.2, 0.25) is 11.8 Å². The lowest BCUT2D eigenvalue weighted by Gasteiger charge is -2.31. The van der Waals surface area contributed by atoms with Crippen LogP contribution in [0.5, 0.6) is 0 Å². The molecule has 1 saturated heterocycles. The van der Waals surface area contributed by atoms with Gasteiger partial charge in [0.1, 0.15) is 0 Å². The second-order valence-corrected chi connectivity index (χ2v) is 6.30. The first-order chi connectivity index (χ1) is 9.95. The van der Waals surface area contributed by atoms with Gasteiger partial charge in [0.05, 0.1) is 6.10 Å². The molecular formula is C16H30N2O3. The third-order valence-electron chi connectivity index (χ3n) is 4.19. The van der Waals surface area contributed by atoms with Crippen molar-refractivity contribution in [3.05, 3.63) is 0 Å². The first kappa shape index (κ1) is 18.0. The van der Waals surface area contributed by atoms with Gasteiger partial charge in [-0.15, -0.1) is 0 Å². The fraction of sp³-hybridized carbons (Fsp3) is 0.875. The van der Waals surface area contributed by atoms with Gasteiger partial charge in [0.15, 0.2) is 0 Å². The van der Waals surface area contributed by atoms with Crippen LogP contribution in [0.4, 0.5) is 0 Å². The Bertz CT molecular complexity index is 336. The number of piperidine rings is 1. The molecule has 5 nitrogen and oxygen atoms in total. The summed E-state index contributed by atoms with van der Waals surface area (Å²) < 4.78 is 0. The zero-order valence-electron chi connectivity index (χ0n) is 13.6. The molecule has 0 bridgehead atoms. The van der Waals surface area contributed by atoms with Gasteiger partial charge in [0, 0.05) is 32.0 Å². The number of aliphatic hydroxyl groups excluding tert-OH is 1. The van der Waals surface area contributed by atoms with Crippen LogP contribution in [0.2, 0.25) is 0 Å². The molecule has 1 atom stereocenters. The van der Waals surface area contributed by atoms with Crippen molar-refractivity contribution >= 4 is 11.8 Å². The van der Waals surface area contributed by atoms with Crippen molar-refractivity contribution < 1.29 is 14.7 Å². The van der Waals surface area contributed by atoms with Gasteiger partial charge in [-0.3, -0.25) is 9.59 Å². The lowest BCUT2D eigenvalue weighted by molar-refractivity contribution is -0.135. The second kappa shape index (κ2) is 9.03. The zero-order valence-corrected chi connectivity index (χ0v) is 13.6. The Kier molecular flexibility index (Phi) is 7.72. The summed E-state index contributed by atoms with van der Waals surface area (Å²) in [6.45, 7) is 7.83. The Labute approximate surface area is 128 Å². The number of likely N-dealkylation sites (tertiary alicyclic amines) is 1. The summed E-state index contributed by atoms with van der Waals surface area (Å²) >= 11 is 0. The van der Waals surface area contributed by atoms with Gasteiger partial charge < -0.3 is 15.3 Å². The van der Waals surface area contributed by atoms with Crippen molar-refractivity contribution in [2.24, 2.45) is 11.8 Å². The molecule has 0 aliphatic carbocycles. The Hall–Kier alpha value is -1.10. The maximum Gasteiger partial charge on any atom is 0.223 e. The summed E-state index contributed by atoms with van der Waals surface area (Å²) in [5.41, 5.74) is 0. The molecule has 0 aromatic carbocycles. The molecule has 0 saturated carbocycles. The van der Waals surface area contributed by atoms with Crippen LogP contribution in [-0.4, -0.2) is 47.6 Å². The highest BCUT2D eigenvalue weighted by Gasteiger charge is 2.26. The minimum atomic E-state index is -0.362. The summed E-state index contributed by atoms with van der Waals surface area (Å²) in [5.74, 6) is 0.492. The van der Waals surface area contributed by atoms with Crippen LogP contribution >= 0.6 is 0 Å². The van der Waals surface area contributed by atoms with Gasteiger partial charge >= 0.3 is 0 Å². The van der Waals surface area contributed by atoms with E-state index in [0.717, 1.165) is 19.3 Å². The van der Waals surface area contributed by atoms with E-state index in [-0.39, 0.29) is 29.8 Å². The molecule has 1 aliphatic rings.